The molecule has 0 saturated heterocycles. The zero-order chi connectivity index (χ0) is 25.5. The van der Waals surface area contributed by atoms with Gasteiger partial charge >= 0.3 is 18.0 Å². The molecule has 7 nitrogen and oxygen atoms in total. The van der Waals surface area contributed by atoms with Gasteiger partial charge in [-0.25, -0.2) is 14.4 Å². The summed E-state index contributed by atoms with van der Waals surface area (Å²) < 4.78 is 0. The summed E-state index contributed by atoms with van der Waals surface area (Å²) >= 11 is 0. The third-order valence-electron chi connectivity index (χ3n) is 5.68. The van der Waals surface area contributed by atoms with Crippen LogP contribution < -0.4 is 9.80 Å². The van der Waals surface area contributed by atoms with Gasteiger partial charge in [0.25, 0.3) is 0 Å². The number of carbonyl (C=O) groups excluding carboxylic acids is 1. The summed E-state index contributed by atoms with van der Waals surface area (Å²) in [7, 11) is 0. The van der Waals surface area contributed by atoms with Crippen LogP contribution in [0, 0.1) is 0 Å². The molecule has 180 valence electrons. The zero-order valence-electron chi connectivity index (χ0n) is 19.3. The minimum atomic E-state index is -1.05. The number of benzene rings is 4. The van der Waals surface area contributed by atoms with Crippen molar-refractivity contribution in [2.45, 2.75) is 13.1 Å². The van der Waals surface area contributed by atoms with E-state index in [1.165, 1.54) is 24.3 Å². The lowest BCUT2D eigenvalue weighted by molar-refractivity contribution is 0.0686. The SMILES string of the molecule is O=C(O)c1ccc(N(Cc2ccccc2)C(=O)N(Cc2ccccc2)c2ccc(C(=O)O)cc2)cc1. The fourth-order valence-electron chi connectivity index (χ4n) is 3.78. The second-order valence-corrected chi connectivity index (χ2v) is 8.13. The number of urea groups is 1. The maximum absolute atomic E-state index is 14.1. The molecule has 0 saturated carbocycles. The third kappa shape index (κ3) is 5.77. The fourth-order valence-corrected chi connectivity index (χ4v) is 3.78. The quantitative estimate of drug-likeness (QED) is 0.326. The molecule has 0 heterocycles. The standard InChI is InChI=1S/C29H24N2O5/c32-27(33)23-11-15-25(16-12-23)30(19-21-7-3-1-4-8-21)29(36)31(20-22-9-5-2-6-10-22)26-17-13-24(14-18-26)28(34)35/h1-18H,19-20H2,(H,32,33)(H,34,35). The van der Waals surface area contributed by atoms with E-state index in [9.17, 15) is 24.6 Å². The van der Waals surface area contributed by atoms with Crippen LogP contribution >= 0.6 is 0 Å². The van der Waals surface area contributed by atoms with E-state index in [1.807, 2.05) is 60.7 Å². The molecule has 0 atom stereocenters. The van der Waals surface area contributed by atoms with Gasteiger partial charge in [-0.3, -0.25) is 9.80 Å². The summed E-state index contributed by atoms with van der Waals surface area (Å²) in [5.41, 5.74) is 3.11. The van der Waals surface area contributed by atoms with E-state index in [-0.39, 0.29) is 30.2 Å². The van der Waals surface area contributed by atoms with Crippen molar-refractivity contribution in [2.75, 3.05) is 9.80 Å². The van der Waals surface area contributed by atoms with Crippen LogP contribution in [0.2, 0.25) is 0 Å². The van der Waals surface area contributed by atoms with Gasteiger partial charge in [-0.05, 0) is 59.7 Å². The Labute approximate surface area is 208 Å². The van der Waals surface area contributed by atoms with Crippen LogP contribution in [0.25, 0.3) is 0 Å². The smallest absolute Gasteiger partial charge is 0.335 e. The van der Waals surface area contributed by atoms with Crippen LogP contribution in [0.1, 0.15) is 31.8 Å². The Hall–Kier alpha value is -4.91. The van der Waals surface area contributed by atoms with Crippen LogP contribution in [0.4, 0.5) is 16.2 Å². The average molecular weight is 481 g/mol. The van der Waals surface area contributed by atoms with Crippen molar-refractivity contribution in [2.24, 2.45) is 0 Å². The predicted molar refractivity (Wildman–Crippen MR) is 137 cm³/mol. The number of carbonyl (C=O) groups is 3. The number of carboxylic acids is 2. The monoisotopic (exact) mass is 480 g/mol. The molecular formula is C29H24N2O5. The van der Waals surface area contributed by atoms with E-state index >= 15 is 0 Å². The normalized spacial score (nSPS) is 10.4. The highest BCUT2D eigenvalue weighted by Gasteiger charge is 2.25. The number of rotatable bonds is 8. The first kappa shape index (κ1) is 24.2. The Bertz CT molecular complexity index is 1230. The Morgan fingerprint density at radius 1 is 0.500 bits per heavy atom. The van der Waals surface area contributed by atoms with Crippen molar-refractivity contribution in [1.82, 2.24) is 0 Å². The van der Waals surface area contributed by atoms with Gasteiger partial charge in [-0.1, -0.05) is 60.7 Å². The lowest BCUT2D eigenvalue weighted by Crippen LogP contribution is -2.43. The van der Waals surface area contributed by atoms with Crippen LogP contribution in [0.15, 0.2) is 109 Å². The highest BCUT2D eigenvalue weighted by molar-refractivity contribution is 6.04. The molecule has 7 heteroatoms. The summed E-state index contributed by atoms with van der Waals surface area (Å²) in [6, 6.07) is 30.9. The van der Waals surface area contributed by atoms with Crippen LogP contribution in [0.3, 0.4) is 0 Å². The van der Waals surface area contributed by atoms with E-state index in [2.05, 4.69) is 0 Å². The molecule has 4 aromatic carbocycles. The number of aromatic carboxylic acids is 2. The number of hydrogen-bond acceptors (Lipinski definition) is 3. The Morgan fingerprint density at radius 2 is 0.833 bits per heavy atom. The summed E-state index contributed by atoms with van der Waals surface area (Å²) in [4.78, 5) is 40.0. The van der Waals surface area contributed by atoms with Crippen molar-refractivity contribution in [3.8, 4) is 0 Å². The number of hydrogen-bond donors (Lipinski definition) is 2. The Morgan fingerprint density at radius 3 is 1.14 bits per heavy atom. The summed E-state index contributed by atoms with van der Waals surface area (Å²) in [5, 5.41) is 18.6. The second kappa shape index (κ2) is 11.0. The van der Waals surface area contributed by atoms with Crippen molar-refractivity contribution >= 4 is 29.3 Å². The first-order chi connectivity index (χ1) is 17.4. The minimum absolute atomic E-state index is 0.122. The third-order valence-corrected chi connectivity index (χ3v) is 5.68. The van der Waals surface area contributed by atoms with Gasteiger partial charge < -0.3 is 10.2 Å². The zero-order valence-corrected chi connectivity index (χ0v) is 19.3. The molecule has 0 spiro atoms. The molecule has 4 aromatic rings. The van der Waals surface area contributed by atoms with Gasteiger partial charge in [-0.15, -0.1) is 0 Å². The van der Waals surface area contributed by atoms with E-state index in [0.29, 0.717) is 11.4 Å². The van der Waals surface area contributed by atoms with Crippen molar-refractivity contribution in [1.29, 1.82) is 0 Å². The second-order valence-electron chi connectivity index (χ2n) is 8.13. The summed E-state index contributed by atoms with van der Waals surface area (Å²) in [6.45, 7) is 0.509. The average Bonchev–Trinajstić information content (AvgIpc) is 2.91. The van der Waals surface area contributed by atoms with E-state index in [4.69, 9.17) is 0 Å². The number of anilines is 2. The van der Waals surface area contributed by atoms with Crippen molar-refractivity contribution < 1.29 is 24.6 Å². The van der Waals surface area contributed by atoms with Gasteiger partial charge in [0, 0.05) is 11.4 Å². The molecule has 0 bridgehead atoms. The topological polar surface area (TPSA) is 98.2 Å². The maximum atomic E-state index is 14.1. The molecular weight excluding hydrogens is 456 g/mol. The van der Waals surface area contributed by atoms with Crippen LogP contribution in [0.5, 0.6) is 0 Å². The maximum Gasteiger partial charge on any atom is 0.335 e. The predicted octanol–water partition coefficient (Wildman–Crippen LogP) is 5.92. The van der Waals surface area contributed by atoms with E-state index in [0.717, 1.165) is 11.1 Å². The lowest BCUT2D eigenvalue weighted by Gasteiger charge is -2.31. The molecule has 0 fully saturated rings. The fraction of sp³-hybridized carbons (Fsp3) is 0.0690. The molecule has 36 heavy (non-hydrogen) atoms. The molecule has 2 N–H and O–H groups in total. The molecule has 0 aliphatic rings. The highest BCUT2D eigenvalue weighted by Crippen LogP contribution is 2.25. The first-order valence-corrected chi connectivity index (χ1v) is 11.3. The minimum Gasteiger partial charge on any atom is -0.478 e. The Balaban J connectivity index is 1.75. The van der Waals surface area contributed by atoms with Gasteiger partial charge in [0.05, 0.1) is 24.2 Å². The Kier molecular flexibility index (Phi) is 7.41. The molecule has 2 amide bonds. The van der Waals surface area contributed by atoms with Crippen molar-refractivity contribution in [3.63, 3.8) is 0 Å². The van der Waals surface area contributed by atoms with Crippen molar-refractivity contribution in [3.05, 3.63) is 131 Å². The molecule has 4 rings (SSSR count). The van der Waals surface area contributed by atoms with E-state index < -0.39 is 11.9 Å². The van der Waals surface area contributed by atoms with Crippen LogP contribution in [-0.4, -0.2) is 28.2 Å². The largest absolute Gasteiger partial charge is 0.478 e. The molecule has 0 aromatic heterocycles. The molecule has 0 aliphatic heterocycles. The summed E-state index contributed by atoms with van der Waals surface area (Å²) in [6.07, 6.45) is 0. The number of nitrogens with zero attached hydrogens (tertiary/aromatic N) is 2. The first-order valence-electron chi connectivity index (χ1n) is 11.3. The highest BCUT2D eigenvalue weighted by atomic mass is 16.4. The van der Waals surface area contributed by atoms with Gasteiger partial charge in [0.2, 0.25) is 0 Å². The molecule has 0 aliphatic carbocycles. The molecule has 0 unspecified atom stereocenters. The van der Waals surface area contributed by atoms with Gasteiger partial charge in [-0.2, -0.15) is 0 Å². The lowest BCUT2D eigenvalue weighted by atomic mass is 10.1. The summed E-state index contributed by atoms with van der Waals surface area (Å²) in [5.74, 6) is -2.10. The molecule has 0 radical (unpaired) electrons. The van der Waals surface area contributed by atoms with Gasteiger partial charge in [0.1, 0.15) is 0 Å². The van der Waals surface area contributed by atoms with E-state index in [1.54, 1.807) is 34.1 Å². The van der Waals surface area contributed by atoms with Crippen LogP contribution in [-0.2, 0) is 13.1 Å². The number of amides is 2. The van der Waals surface area contributed by atoms with Gasteiger partial charge in [0.15, 0.2) is 0 Å². The number of carboxylic acid groups (broad SMARTS) is 2.